The lowest BCUT2D eigenvalue weighted by molar-refractivity contribution is -0.140. The summed E-state index contributed by atoms with van der Waals surface area (Å²) in [5.74, 6) is -3.18. The van der Waals surface area contributed by atoms with Gasteiger partial charge in [-0.25, -0.2) is 18.5 Å². The molecule has 1 heterocycles. The molecule has 0 saturated carbocycles. The molecule has 2 aromatic carbocycles. The number of nitrogens with one attached hydrogen (secondary N) is 2. The van der Waals surface area contributed by atoms with Gasteiger partial charge in [-0.3, -0.25) is 4.79 Å². The maximum atomic E-state index is 14.5. The molecule has 9 heteroatoms. The molecule has 1 atom stereocenters. The van der Waals surface area contributed by atoms with Gasteiger partial charge in [0.25, 0.3) is 11.6 Å². The monoisotopic (exact) mass is 405 g/mol. The van der Waals surface area contributed by atoms with E-state index in [0.29, 0.717) is 24.5 Å². The zero-order valence-corrected chi connectivity index (χ0v) is 15.7. The lowest BCUT2D eigenvalue weighted by Gasteiger charge is -2.42. The maximum absolute atomic E-state index is 14.5. The van der Waals surface area contributed by atoms with Gasteiger partial charge < -0.3 is 20.5 Å². The largest absolute Gasteiger partial charge is 0.382 e. The van der Waals surface area contributed by atoms with Crippen LogP contribution in [0, 0.1) is 11.6 Å². The molecule has 0 saturated heterocycles. The minimum atomic E-state index is -2.66. The molecule has 2 aromatic rings. The SMILES string of the molecule is CCOCCCNC(=O)C1(O)c2ccccc2NC(=O)N1c1c(F)cccc1F. The second-order valence-corrected chi connectivity index (χ2v) is 6.36. The number of rotatable bonds is 7. The van der Waals surface area contributed by atoms with Gasteiger partial charge in [0.05, 0.1) is 5.69 Å². The number of aliphatic hydroxyl groups is 1. The lowest BCUT2D eigenvalue weighted by atomic mass is 9.94. The summed E-state index contributed by atoms with van der Waals surface area (Å²) in [6.07, 6.45) is 0.456. The minimum Gasteiger partial charge on any atom is -0.382 e. The van der Waals surface area contributed by atoms with Gasteiger partial charge in [-0.1, -0.05) is 24.3 Å². The number of nitrogens with zero attached hydrogens (tertiary/aromatic N) is 1. The number of carbonyl (C=O) groups excluding carboxylic acids is 2. The highest BCUT2D eigenvalue weighted by Gasteiger charge is 2.53. The number of hydrogen-bond acceptors (Lipinski definition) is 4. The number of amides is 3. The van der Waals surface area contributed by atoms with E-state index < -0.39 is 35.0 Å². The van der Waals surface area contributed by atoms with Crippen LogP contribution in [-0.2, 0) is 15.3 Å². The van der Waals surface area contributed by atoms with Crippen molar-refractivity contribution in [3.63, 3.8) is 0 Å². The minimum absolute atomic E-state index is 0.00967. The first-order valence-corrected chi connectivity index (χ1v) is 9.14. The van der Waals surface area contributed by atoms with Crippen LogP contribution in [0.3, 0.4) is 0 Å². The Kier molecular flexibility index (Phi) is 6.09. The van der Waals surface area contributed by atoms with Crippen LogP contribution in [0.15, 0.2) is 42.5 Å². The highest BCUT2D eigenvalue weighted by Crippen LogP contribution is 2.41. The summed E-state index contributed by atoms with van der Waals surface area (Å²) in [4.78, 5) is 26.1. The number of fused-ring (bicyclic) bond motifs is 1. The summed E-state index contributed by atoms with van der Waals surface area (Å²) in [6.45, 7) is 2.88. The number of urea groups is 1. The van der Waals surface area contributed by atoms with Crippen molar-refractivity contribution in [2.24, 2.45) is 0 Å². The van der Waals surface area contributed by atoms with Crippen molar-refractivity contribution in [2.75, 3.05) is 30.0 Å². The van der Waals surface area contributed by atoms with E-state index in [2.05, 4.69) is 10.6 Å². The number of anilines is 2. The van der Waals surface area contributed by atoms with Crippen LogP contribution in [0.1, 0.15) is 18.9 Å². The second kappa shape index (κ2) is 8.54. The molecule has 7 nitrogen and oxygen atoms in total. The fourth-order valence-corrected chi connectivity index (χ4v) is 3.17. The Morgan fingerprint density at radius 3 is 2.59 bits per heavy atom. The zero-order valence-electron chi connectivity index (χ0n) is 15.7. The van der Waals surface area contributed by atoms with Crippen molar-refractivity contribution < 1.29 is 28.2 Å². The molecule has 3 N–H and O–H groups in total. The van der Waals surface area contributed by atoms with Crippen LogP contribution < -0.4 is 15.5 Å². The number of benzene rings is 2. The Balaban J connectivity index is 2.04. The summed E-state index contributed by atoms with van der Waals surface area (Å²) < 4.78 is 34.1. The summed E-state index contributed by atoms with van der Waals surface area (Å²) in [7, 11) is 0. The van der Waals surface area contributed by atoms with Gasteiger partial charge in [-0.15, -0.1) is 0 Å². The van der Waals surface area contributed by atoms with Crippen molar-refractivity contribution in [3.05, 3.63) is 59.7 Å². The van der Waals surface area contributed by atoms with E-state index >= 15 is 0 Å². The van der Waals surface area contributed by atoms with Crippen molar-refractivity contribution >= 4 is 23.3 Å². The maximum Gasteiger partial charge on any atom is 0.329 e. The van der Waals surface area contributed by atoms with E-state index in [1.54, 1.807) is 12.1 Å². The molecule has 154 valence electrons. The summed E-state index contributed by atoms with van der Waals surface area (Å²) in [5.41, 5.74) is -3.33. The number of hydrogen-bond donors (Lipinski definition) is 3. The second-order valence-electron chi connectivity index (χ2n) is 6.36. The predicted octanol–water partition coefficient (Wildman–Crippen LogP) is 2.70. The Hall–Kier alpha value is -3.04. The van der Waals surface area contributed by atoms with Crippen molar-refractivity contribution in [1.29, 1.82) is 0 Å². The molecule has 1 aliphatic rings. The van der Waals surface area contributed by atoms with Crippen LogP contribution in [0.25, 0.3) is 0 Å². The number of ether oxygens (including phenoxy) is 1. The molecule has 0 fully saturated rings. The van der Waals surface area contributed by atoms with Gasteiger partial charge in [-0.05, 0) is 31.5 Å². The first-order valence-electron chi connectivity index (χ1n) is 9.14. The van der Waals surface area contributed by atoms with E-state index in [9.17, 15) is 23.5 Å². The van der Waals surface area contributed by atoms with Gasteiger partial charge in [0.1, 0.15) is 17.3 Å². The fourth-order valence-electron chi connectivity index (χ4n) is 3.17. The highest BCUT2D eigenvalue weighted by atomic mass is 19.1. The summed E-state index contributed by atoms with van der Waals surface area (Å²) in [6, 6.07) is 7.98. The third kappa shape index (κ3) is 3.79. The molecule has 0 aliphatic carbocycles. The molecule has 1 unspecified atom stereocenters. The first kappa shape index (κ1) is 20.7. The predicted molar refractivity (Wildman–Crippen MR) is 102 cm³/mol. The van der Waals surface area contributed by atoms with Crippen LogP contribution >= 0.6 is 0 Å². The Labute approximate surface area is 166 Å². The molecule has 1 aliphatic heterocycles. The standard InChI is InChI=1S/C20H21F2N3O4/c1-2-29-12-6-11-23-18(26)20(28)13-7-3-4-10-16(13)24-19(27)25(20)17-14(21)8-5-9-15(17)22/h3-5,7-10,28H,2,6,11-12H2,1H3,(H,23,26)(H,24,27). The van der Waals surface area contributed by atoms with Crippen LogP contribution in [0.2, 0.25) is 0 Å². The van der Waals surface area contributed by atoms with Crippen LogP contribution in [0.5, 0.6) is 0 Å². The molecule has 29 heavy (non-hydrogen) atoms. The van der Waals surface area contributed by atoms with E-state index in [1.807, 2.05) is 6.92 Å². The lowest BCUT2D eigenvalue weighted by Crippen LogP contribution is -2.63. The van der Waals surface area contributed by atoms with Gasteiger partial charge in [0, 0.05) is 25.3 Å². The Bertz CT molecular complexity index is 904. The smallest absolute Gasteiger partial charge is 0.329 e. The Morgan fingerprint density at radius 2 is 1.90 bits per heavy atom. The van der Waals surface area contributed by atoms with Crippen LogP contribution in [0.4, 0.5) is 25.0 Å². The van der Waals surface area contributed by atoms with E-state index in [4.69, 9.17) is 4.74 Å². The van der Waals surface area contributed by atoms with Crippen LogP contribution in [-0.4, -0.2) is 36.8 Å². The third-order valence-corrected chi connectivity index (χ3v) is 4.50. The average molecular weight is 405 g/mol. The normalized spacial score (nSPS) is 18.2. The molecular weight excluding hydrogens is 384 g/mol. The van der Waals surface area contributed by atoms with Crippen molar-refractivity contribution in [1.82, 2.24) is 5.32 Å². The summed E-state index contributed by atoms with van der Waals surface area (Å²) >= 11 is 0. The average Bonchev–Trinajstić information content (AvgIpc) is 2.69. The molecular formula is C20H21F2N3O4. The Morgan fingerprint density at radius 1 is 1.21 bits per heavy atom. The molecule has 0 bridgehead atoms. The van der Waals surface area contributed by atoms with Gasteiger partial charge in [0.15, 0.2) is 0 Å². The number of para-hydroxylation sites is 2. The highest BCUT2D eigenvalue weighted by molar-refractivity contribution is 6.11. The fraction of sp³-hybridized carbons (Fsp3) is 0.300. The van der Waals surface area contributed by atoms with Gasteiger partial charge >= 0.3 is 6.03 Å². The quantitative estimate of drug-likeness (QED) is 0.618. The molecule has 3 amide bonds. The van der Waals surface area contributed by atoms with E-state index in [0.717, 1.165) is 18.2 Å². The number of carbonyl (C=O) groups is 2. The first-order chi connectivity index (χ1) is 13.9. The van der Waals surface area contributed by atoms with Crippen molar-refractivity contribution in [3.8, 4) is 0 Å². The molecule has 0 radical (unpaired) electrons. The van der Waals surface area contributed by atoms with E-state index in [-0.39, 0.29) is 17.8 Å². The van der Waals surface area contributed by atoms with Gasteiger partial charge in [-0.2, -0.15) is 0 Å². The van der Waals surface area contributed by atoms with E-state index in [1.165, 1.54) is 12.1 Å². The third-order valence-electron chi connectivity index (χ3n) is 4.50. The molecule has 0 spiro atoms. The topological polar surface area (TPSA) is 90.9 Å². The van der Waals surface area contributed by atoms with Crippen molar-refractivity contribution in [2.45, 2.75) is 19.1 Å². The molecule has 3 rings (SSSR count). The van der Waals surface area contributed by atoms with Gasteiger partial charge in [0.2, 0.25) is 0 Å². The number of halogens is 2. The zero-order chi connectivity index (χ0) is 21.0. The summed E-state index contributed by atoms with van der Waals surface area (Å²) in [5, 5.41) is 16.4. The molecule has 0 aromatic heterocycles.